The molecule has 0 radical (unpaired) electrons. The van der Waals surface area contributed by atoms with Crippen LogP contribution in [0.2, 0.25) is 0 Å². The monoisotopic (exact) mass is 261 g/mol. The lowest BCUT2D eigenvalue weighted by Crippen LogP contribution is -2.05. The molecule has 1 aromatic carbocycles. The molecular formula is C9H9BrClNO. The van der Waals surface area contributed by atoms with Crippen molar-refractivity contribution in [2.24, 2.45) is 0 Å². The van der Waals surface area contributed by atoms with E-state index in [4.69, 9.17) is 11.6 Å². The molecule has 13 heavy (non-hydrogen) atoms. The highest BCUT2D eigenvalue weighted by Crippen LogP contribution is 2.20. The molecule has 70 valence electrons. The van der Waals surface area contributed by atoms with Crippen LogP contribution in [0.3, 0.4) is 0 Å². The van der Waals surface area contributed by atoms with Crippen molar-refractivity contribution in [2.45, 2.75) is 12.8 Å². The minimum Gasteiger partial charge on any atom is -0.326 e. The summed E-state index contributed by atoms with van der Waals surface area (Å²) in [6, 6.07) is 5.59. The number of amides is 1. The van der Waals surface area contributed by atoms with Crippen LogP contribution < -0.4 is 5.32 Å². The Morgan fingerprint density at radius 2 is 2.23 bits per heavy atom. The van der Waals surface area contributed by atoms with E-state index in [2.05, 4.69) is 21.2 Å². The summed E-state index contributed by atoms with van der Waals surface area (Å²) < 4.78 is 0.911. The smallest absolute Gasteiger partial charge is 0.221 e. The molecule has 0 bridgehead atoms. The van der Waals surface area contributed by atoms with Crippen LogP contribution in [0.4, 0.5) is 5.69 Å². The van der Waals surface area contributed by atoms with Crippen LogP contribution in [-0.4, -0.2) is 5.91 Å². The molecule has 0 saturated heterocycles. The van der Waals surface area contributed by atoms with E-state index in [-0.39, 0.29) is 5.91 Å². The zero-order valence-corrected chi connectivity index (χ0v) is 9.45. The van der Waals surface area contributed by atoms with Gasteiger partial charge in [-0.25, -0.2) is 0 Å². The van der Waals surface area contributed by atoms with Gasteiger partial charge in [0.25, 0.3) is 0 Å². The predicted molar refractivity (Wildman–Crippen MR) is 58.0 cm³/mol. The number of nitrogens with one attached hydrogen (secondary N) is 1. The van der Waals surface area contributed by atoms with Crippen LogP contribution in [0.5, 0.6) is 0 Å². The molecule has 1 aromatic rings. The van der Waals surface area contributed by atoms with Crippen molar-refractivity contribution >= 4 is 39.1 Å². The van der Waals surface area contributed by atoms with E-state index < -0.39 is 0 Å². The molecule has 1 amide bonds. The average Bonchev–Trinajstić information content (AvgIpc) is 2.01. The summed E-state index contributed by atoms with van der Waals surface area (Å²) in [5.41, 5.74) is 1.73. The van der Waals surface area contributed by atoms with E-state index in [0.717, 1.165) is 15.7 Å². The number of carbonyl (C=O) groups excluding carboxylic acids is 1. The molecular weight excluding hydrogens is 253 g/mol. The Kier molecular flexibility index (Phi) is 3.75. The fourth-order valence-electron chi connectivity index (χ4n) is 1.00. The van der Waals surface area contributed by atoms with Gasteiger partial charge in [-0.3, -0.25) is 4.79 Å². The Morgan fingerprint density at radius 3 is 2.77 bits per heavy atom. The molecule has 0 aliphatic heterocycles. The van der Waals surface area contributed by atoms with Crippen molar-refractivity contribution in [1.82, 2.24) is 0 Å². The van der Waals surface area contributed by atoms with Gasteiger partial charge in [0.2, 0.25) is 5.91 Å². The fourth-order valence-corrected chi connectivity index (χ4v) is 1.70. The van der Waals surface area contributed by atoms with Gasteiger partial charge in [0.05, 0.1) is 0 Å². The highest BCUT2D eigenvalue weighted by Gasteiger charge is 1.99. The van der Waals surface area contributed by atoms with Crippen LogP contribution in [0.25, 0.3) is 0 Å². The maximum atomic E-state index is 10.8. The summed E-state index contributed by atoms with van der Waals surface area (Å²) in [5.74, 6) is 0.352. The van der Waals surface area contributed by atoms with Crippen LogP contribution in [0.1, 0.15) is 12.5 Å². The van der Waals surface area contributed by atoms with Gasteiger partial charge in [-0.2, -0.15) is 0 Å². The molecule has 1 rings (SSSR count). The van der Waals surface area contributed by atoms with Gasteiger partial charge in [0.1, 0.15) is 0 Å². The molecule has 0 spiro atoms. The summed E-state index contributed by atoms with van der Waals surface area (Å²) in [5, 5.41) is 2.69. The third-order valence-corrected chi connectivity index (χ3v) is 2.20. The molecule has 1 N–H and O–H groups in total. The van der Waals surface area contributed by atoms with E-state index in [1.807, 2.05) is 18.2 Å². The van der Waals surface area contributed by atoms with Crippen molar-refractivity contribution in [1.29, 1.82) is 0 Å². The standard InChI is InChI=1S/C9H9BrClNO/c1-6(13)12-9-3-7(5-11)2-8(10)4-9/h2-4H,5H2,1H3,(H,12,13). The summed E-state index contributed by atoms with van der Waals surface area (Å²) in [7, 11) is 0. The molecule has 0 aliphatic rings. The number of carbonyl (C=O) groups is 1. The van der Waals surface area contributed by atoms with Gasteiger partial charge in [0, 0.05) is 23.0 Å². The minimum atomic E-state index is -0.0846. The van der Waals surface area contributed by atoms with E-state index in [1.54, 1.807) is 0 Å². The number of hydrogen-bond acceptors (Lipinski definition) is 1. The second kappa shape index (κ2) is 4.63. The van der Waals surface area contributed by atoms with Crippen molar-refractivity contribution in [2.75, 3.05) is 5.32 Å². The molecule has 0 unspecified atom stereocenters. The lowest BCUT2D eigenvalue weighted by Gasteiger charge is -2.04. The van der Waals surface area contributed by atoms with E-state index in [9.17, 15) is 4.79 Å². The van der Waals surface area contributed by atoms with Crippen molar-refractivity contribution in [3.63, 3.8) is 0 Å². The average molecular weight is 263 g/mol. The molecule has 0 saturated carbocycles. The second-order valence-corrected chi connectivity index (χ2v) is 3.85. The largest absolute Gasteiger partial charge is 0.326 e. The first-order chi connectivity index (χ1) is 6.11. The molecule has 2 nitrogen and oxygen atoms in total. The van der Waals surface area contributed by atoms with Gasteiger partial charge in [-0.05, 0) is 23.8 Å². The van der Waals surface area contributed by atoms with Gasteiger partial charge >= 0.3 is 0 Å². The zero-order chi connectivity index (χ0) is 9.84. The normalized spacial score (nSPS) is 9.77. The number of halogens is 2. The Labute approximate surface area is 90.4 Å². The van der Waals surface area contributed by atoms with Gasteiger partial charge in [-0.15, -0.1) is 11.6 Å². The summed E-state index contributed by atoms with van der Waals surface area (Å²) in [4.78, 5) is 10.8. The second-order valence-electron chi connectivity index (χ2n) is 2.66. The van der Waals surface area contributed by atoms with E-state index in [0.29, 0.717) is 5.88 Å². The maximum Gasteiger partial charge on any atom is 0.221 e. The Balaban J connectivity index is 2.94. The summed E-state index contributed by atoms with van der Waals surface area (Å²) in [6.45, 7) is 1.47. The molecule has 4 heteroatoms. The third kappa shape index (κ3) is 3.36. The highest BCUT2D eigenvalue weighted by atomic mass is 79.9. The van der Waals surface area contributed by atoms with E-state index in [1.165, 1.54) is 6.92 Å². The third-order valence-electron chi connectivity index (χ3n) is 1.43. The Bertz CT molecular complexity index is 327. The Morgan fingerprint density at radius 1 is 1.54 bits per heavy atom. The van der Waals surface area contributed by atoms with Crippen molar-refractivity contribution in [3.8, 4) is 0 Å². The number of benzene rings is 1. The molecule has 0 aliphatic carbocycles. The first-order valence-electron chi connectivity index (χ1n) is 3.75. The molecule has 0 atom stereocenters. The maximum absolute atomic E-state index is 10.8. The summed E-state index contributed by atoms with van der Waals surface area (Å²) in [6.07, 6.45) is 0. The van der Waals surface area contributed by atoms with Crippen molar-refractivity contribution < 1.29 is 4.79 Å². The number of anilines is 1. The number of hydrogen-bond donors (Lipinski definition) is 1. The number of rotatable bonds is 2. The first-order valence-corrected chi connectivity index (χ1v) is 5.07. The van der Waals surface area contributed by atoms with Gasteiger partial charge < -0.3 is 5.32 Å². The molecule has 0 fully saturated rings. The SMILES string of the molecule is CC(=O)Nc1cc(Br)cc(CCl)c1. The van der Waals surface area contributed by atoms with Crippen LogP contribution >= 0.6 is 27.5 Å². The van der Waals surface area contributed by atoms with Crippen molar-refractivity contribution in [3.05, 3.63) is 28.2 Å². The lowest BCUT2D eigenvalue weighted by atomic mass is 10.2. The molecule has 0 aromatic heterocycles. The first kappa shape index (κ1) is 10.5. The Hall–Kier alpha value is -0.540. The molecule has 0 heterocycles. The van der Waals surface area contributed by atoms with Crippen LogP contribution in [0, 0.1) is 0 Å². The topological polar surface area (TPSA) is 29.1 Å². The quantitative estimate of drug-likeness (QED) is 0.815. The zero-order valence-electron chi connectivity index (χ0n) is 7.10. The highest BCUT2D eigenvalue weighted by molar-refractivity contribution is 9.10. The minimum absolute atomic E-state index is 0.0846. The summed E-state index contributed by atoms with van der Waals surface area (Å²) >= 11 is 9.01. The van der Waals surface area contributed by atoms with Gasteiger partial charge in [-0.1, -0.05) is 15.9 Å². The van der Waals surface area contributed by atoms with E-state index >= 15 is 0 Å². The predicted octanol–water partition coefficient (Wildman–Crippen LogP) is 3.15. The number of alkyl halides is 1. The lowest BCUT2D eigenvalue weighted by molar-refractivity contribution is -0.114. The fraction of sp³-hybridized carbons (Fsp3) is 0.222. The van der Waals surface area contributed by atoms with Gasteiger partial charge in [0.15, 0.2) is 0 Å². The van der Waals surface area contributed by atoms with Crippen LogP contribution in [0.15, 0.2) is 22.7 Å². The van der Waals surface area contributed by atoms with Crippen LogP contribution in [-0.2, 0) is 10.7 Å².